The highest BCUT2D eigenvalue weighted by molar-refractivity contribution is 6.31. The molecule has 126 valence electrons. The van der Waals surface area contributed by atoms with Crippen molar-refractivity contribution in [1.29, 1.82) is 0 Å². The lowest BCUT2D eigenvalue weighted by Gasteiger charge is -2.16. The predicted octanol–water partition coefficient (Wildman–Crippen LogP) is 4.99. The highest BCUT2D eigenvalue weighted by atomic mass is 35.5. The van der Waals surface area contributed by atoms with Gasteiger partial charge in [0.1, 0.15) is 17.4 Å². The van der Waals surface area contributed by atoms with Crippen LogP contribution >= 0.6 is 24.0 Å². The van der Waals surface area contributed by atoms with E-state index in [-0.39, 0.29) is 23.5 Å². The number of alkyl halides is 3. The molecule has 0 unspecified atom stereocenters. The first-order chi connectivity index (χ1) is 10.2. The molecule has 23 heavy (non-hydrogen) atoms. The molecule has 0 aromatic heterocycles. The van der Waals surface area contributed by atoms with Crippen molar-refractivity contribution in [3.8, 4) is 5.75 Å². The Morgan fingerprint density at radius 2 is 1.48 bits per heavy atom. The van der Waals surface area contributed by atoms with Crippen LogP contribution in [0.1, 0.15) is 17.2 Å². The van der Waals surface area contributed by atoms with Gasteiger partial charge in [0, 0.05) is 5.56 Å². The van der Waals surface area contributed by atoms with Gasteiger partial charge in [-0.25, -0.2) is 8.78 Å². The molecular weight excluding hydrogens is 364 g/mol. The molecule has 0 saturated heterocycles. The van der Waals surface area contributed by atoms with Crippen LogP contribution in [0.25, 0.3) is 0 Å². The van der Waals surface area contributed by atoms with Crippen LogP contribution in [0.15, 0.2) is 36.4 Å². The minimum Gasteiger partial charge on any atom is -0.406 e. The van der Waals surface area contributed by atoms with E-state index in [4.69, 9.17) is 17.3 Å². The summed E-state index contributed by atoms with van der Waals surface area (Å²) in [7, 11) is 0. The topological polar surface area (TPSA) is 35.2 Å². The van der Waals surface area contributed by atoms with Crippen molar-refractivity contribution in [2.24, 2.45) is 5.73 Å². The van der Waals surface area contributed by atoms with Gasteiger partial charge in [-0.05, 0) is 29.8 Å². The summed E-state index contributed by atoms with van der Waals surface area (Å²) < 4.78 is 67.0. The molecule has 0 aliphatic heterocycles. The molecule has 0 heterocycles. The third-order valence-electron chi connectivity index (χ3n) is 2.86. The van der Waals surface area contributed by atoms with E-state index < -0.39 is 34.8 Å². The fraction of sp³-hybridized carbons (Fsp3) is 0.143. The summed E-state index contributed by atoms with van der Waals surface area (Å²) in [5.41, 5.74) is 5.79. The Labute approximate surface area is 139 Å². The summed E-state index contributed by atoms with van der Waals surface area (Å²) in [5, 5.41) is -0.469. The highest BCUT2D eigenvalue weighted by Gasteiger charge is 2.31. The van der Waals surface area contributed by atoms with Crippen molar-refractivity contribution < 1.29 is 26.7 Å². The molecule has 2 rings (SSSR count). The Balaban J connectivity index is 0.00000264. The molecule has 2 N–H and O–H groups in total. The van der Waals surface area contributed by atoms with E-state index in [0.717, 1.165) is 24.3 Å². The molecule has 0 bridgehead atoms. The van der Waals surface area contributed by atoms with Crippen molar-refractivity contribution >= 4 is 24.0 Å². The molecule has 0 fully saturated rings. The van der Waals surface area contributed by atoms with E-state index in [1.807, 2.05) is 0 Å². The summed E-state index contributed by atoms with van der Waals surface area (Å²) in [6.07, 6.45) is -4.82. The van der Waals surface area contributed by atoms with E-state index in [9.17, 15) is 22.0 Å². The van der Waals surface area contributed by atoms with Crippen LogP contribution < -0.4 is 10.5 Å². The summed E-state index contributed by atoms with van der Waals surface area (Å²) in [5.74, 6) is -2.10. The normalized spacial score (nSPS) is 12.5. The van der Waals surface area contributed by atoms with E-state index in [0.29, 0.717) is 0 Å². The van der Waals surface area contributed by atoms with Gasteiger partial charge in [0.05, 0.1) is 11.1 Å². The summed E-state index contributed by atoms with van der Waals surface area (Å²) in [6.45, 7) is 0. The van der Waals surface area contributed by atoms with Crippen molar-refractivity contribution in [3.63, 3.8) is 0 Å². The van der Waals surface area contributed by atoms with Crippen LogP contribution in [0.3, 0.4) is 0 Å². The number of rotatable bonds is 3. The first kappa shape index (κ1) is 19.5. The van der Waals surface area contributed by atoms with Crippen LogP contribution in [0.2, 0.25) is 5.02 Å². The molecule has 0 radical (unpaired) electrons. The second-order valence-corrected chi connectivity index (χ2v) is 4.73. The fourth-order valence-corrected chi connectivity index (χ4v) is 2.14. The van der Waals surface area contributed by atoms with Gasteiger partial charge < -0.3 is 10.5 Å². The smallest absolute Gasteiger partial charge is 0.406 e. The molecule has 1 atom stereocenters. The first-order valence-electron chi connectivity index (χ1n) is 5.93. The molecule has 0 spiro atoms. The lowest BCUT2D eigenvalue weighted by Crippen LogP contribution is -2.18. The Bertz CT molecular complexity index is 676. The molecule has 2 nitrogen and oxygen atoms in total. The van der Waals surface area contributed by atoms with Gasteiger partial charge in [0.25, 0.3) is 0 Å². The van der Waals surface area contributed by atoms with Crippen molar-refractivity contribution in [2.45, 2.75) is 12.4 Å². The van der Waals surface area contributed by atoms with Gasteiger partial charge in [-0.1, -0.05) is 23.7 Å². The van der Waals surface area contributed by atoms with Gasteiger partial charge in [-0.2, -0.15) is 0 Å². The summed E-state index contributed by atoms with van der Waals surface area (Å²) in [4.78, 5) is 0. The van der Waals surface area contributed by atoms with E-state index in [1.54, 1.807) is 0 Å². The molecule has 2 aromatic rings. The lowest BCUT2D eigenvalue weighted by atomic mass is 9.99. The molecule has 9 heteroatoms. The predicted molar refractivity (Wildman–Crippen MR) is 77.8 cm³/mol. The zero-order valence-corrected chi connectivity index (χ0v) is 12.8. The minimum atomic E-state index is -4.82. The van der Waals surface area contributed by atoms with E-state index >= 15 is 0 Å². The lowest BCUT2D eigenvalue weighted by molar-refractivity contribution is -0.274. The van der Waals surface area contributed by atoms with E-state index in [2.05, 4.69) is 4.74 Å². The van der Waals surface area contributed by atoms with E-state index in [1.165, 1.54) is 12.1 Å². The Morgan fingerprint density at radius 3 is 2.00 bits per heavy atom. The van der Waals surface area contributed by atoms with Crippen LogP contribution in [0.4, 0.5) is 22.0 Å². The average Bonchev–Trinajstić information content (AvgIpc) is 2.42. The maximum atomic E-state index is 13.8. The number of ether oxygens (including phenoxy) is 1. The first-order valence-corrected chi connectivity index (χ1v) is 6.31. The molecule has 2 aromatic carbocycles. The zero-order valence-electron chi connectivity index (χ0n) is 11.2. The van der Waals surface area contributed by atoms with Crippen LogP contribution in [0.5, 0.6) is 5.75 Å². The van der Waals surface area contributed by atoms with Gasteiger partial charge in [0.15, 0.2) is 0 Å². The number of benzene rings is 2. The van der Waals surface area contributed by atoms with Crippen LogP contribution in [-0.4, -0.2) is 6.36 Å². The van der Waals surface area contributed by atoms with Crippen molar-refractivity contribution in [1.82, 2.24) is 0 Å². The van der Waals surface area contributed by atoms with Gasteiger partial charge >= 0.3 is 6.36 Å². The Hall–Kier alpha value is -1.57. The van der Waals surface area contributed by atoms with Crippen LogP contribution in [-0.2, 0) is 0 Å². The second kappa shape index (κ2) is 7.33. The van der Waals surface area contributed by atoms with Gasteiger partial charge in [-0.3, -0.25) is 0 Å². The number of halogens is 7. The monoisotopic (exact) mass is 373 g/mol. The SMILES string of the molecule is Cl.N[C@H](c1ccc(OC(F)(F)F)cc1)c1c(F)ccc(F)c1Cl. The zero-order chi connectivity index (χ0) is 16.5. The van der Waals surface area contributed by atoms with Gasteiger partial charge in [-0.15, -0.1) is 25.6 Å². The summed E-state index contributed by atoms with van der Waals surface area (Å²) in [6, 6.07) is 5.06. The third kappa shape index (κ3) is 4.70. The molecule has 0 amide bonds. The van der Waals surface area contributed by atoms with Crippen LogP contribution in [0, 0.1) is 11.6 Å². The minimum absolute atomic E-state index is 0. The standard InChI is InChI=1S/C14H9ClF5NO.ClH/c15-12-10(17)6-5-9(16)11(12)13(21)7-1-3-8(4-2-7)22-14(18,19)20;/h1-6,13H,21H2;1H/t13-;/m1./s1. The maximum Gasteiger partial charge on any atom is 0.573 e. The maximum absolute atomic E-state index is 13.8. The average molecular weight is 374 g/mol. The summed E-state index contributed by atoms with van der Waals surface area (Å²) >= 11 is 5.69. The molecule has 0 aliphatic carbocycles. The highest BCUT2D eigenvalue weighted by Crippen LogP contribution is 2.32. The Morgan fingerprint density at radius 1 is 0.957 bits per heavy atom. The number of nitrogens with two attached hydrogens (primary N) is 1. The second-order valence-electron chi connectivity index (χ2n) is 4.35. The molecular formula is C14H10Cl2F5NO. The largest absolute Gasteiger partial charge is 0.573 e. The number of hydrogen-bond donors (Lipinski definition) is 1. The van der Waals surface area contributed by atoms with Crippen molar-refractivity contribution in [2.75, 3.05) is 0 Å². The third-order valence-corrected chi connectivity index (χ3v) is 3.25. The van der Waals surface area contributed by atoms with Crippen molar-refractivity contribution in [3.05, 3.63) is 64.2 Å². The quantitative estimate of drug-likeness (QED) is 0.607. The van der Waals surface area contributed by atoms with Gasteiger partial charge in [0.2, 0.25) is 0 Å². The number of hydrogen-bond acceptors (Lipinski definition) is 2. The Kier molecular flexibility index (Phi) is 6.21. The molecule has 0 saturated carbocycles. The molecule has 0 aliphatic rings. The fourth-order valence-electron chi connectivity index (χ4n) is 1.87.